The van der Waals surface area contributed by atoms with E-state index in [1.807, 2.05) is 26.2 Å². The quantitative estimate of drug-likeness (QED) is 0.806. The number of hydrogen-bond acceptors (Lipinski definition) is 4. The molecule has 0 fully saturated rings. The minimum absolute atomic E-state index is 0.00277. The number of aromatic nitrogens is 1. The fourth-order valence-electron chi connectivity index (χ4n) is 1.53. The number of carbonyl (C=O) groups excluding carboxylic acids is 1. The lowest BCUT2D eigenvalue weighted by Gasteiger charge is -2.14. The van der Waals surface area contributed by atoms with Crippen LogP contribution in [0.4, 0.5) is 5.13 Å². The molecule has 4 nitrogen and oxygen atoms in total. The first-order valence-corrected chi connectivity index (χ1v) is 7.83. The Bertz CT molecular complexity index is 403. The van der Waals surface area contributed by atoms with Crippen molar-refractivity contribution >= 4 is 22.4 Å². The van der Waals surface area contributed by atoms with E-state index in [4.69, 9.17) is 0 Å². The molecule has 0 aliphatic heterocycles. The molecule has 0 saturated heterocycles. The van der Waals surface area contributed by atoms with Gasteiger partial charge >= 0.3 is 0 Å². The van der Waals surface area contributed by atoms with Crippen LogP contribution in [0.1, 0.15) is 52.8 Å². The van der Waals surface area contributed by atoms with Crippen LogP contribution < -0.4 is 10.6 Å². The Hall–Kier alpha value is -0.940. The highest BCUT2D eigenvalue weighted by Gasteiger charge is 2.18. The Kier molecular flexibility index (Phi) is 6.45. The van der Waals surface area contributed by atoms with Crippen molar-refractivity contribution in [2.45, 2.75) is 47.1 Å². The van der Waals surface area contributed by atoms with Gasteiger partial charge in [-0.3, -0.25) is 4.79 Å². The summed E-state index contributed by atoms with van der Waals surface area (Å²) in [6, 6.07) is 0.226. The van der Waals surface area contributed by atoms with Crippen molar-refractivity contribution in [3.05, 3.63) is 11.1 Å². The normalized spacial score (nSPS) is 14.4. The smallest absolute Gasteiger partial charge is 0.229 e. The summed E-state index contributed by atoms with van der Waals surface area (Å²) in [6.07, 6.45) is 1.10. The molecule has 1 rings (SSSR count). The molecule has 0 aromatic carbocycles. The van der Waals surface area contributed by atoms with Gasteiger partial charge in [-0.15, -0.1) is 11.3 Å². The molecule has 1 aromatic rings. The standard InChI is InChI=1S/C14H25N3OS/c1-6-7-15-11(5)12-8-19-14(16-12)17-13(18)10(4)9(2)3/h8-11,15H,6-7H2,1-5H3,(H,16,17,18). The van der Waals surface area contributed by atoms with E-state index in [1.165, 1.54) is 11.3 Å². The van der Waals surface area contributed by atoms with Gasteiger partial charge in [-0.25, -0.2) is 4.98 Å². The van der Waals surface area contributed by atoms with Gasteiger partial charge in [-0.05, 0) is 25.8 Å². The van der Waals surface area contributed by atoms with Gasteiger partial charge in [-0.2, -0.15) is 0 Å². The Balaban J connectivity index is 2.57. The zero-order valence-electron chi connectivity index (χ0n) is 12.5. The largest absolute Gasteiger partial charge is 0.309 e. The Morgan fingerprint density at radius 1 is 1.37 bits per heavy atom. The highest BCUT2D eigenvalue weighted by Crippen LogP contribution is 2.22. The highest BCUT2D eigenvalue weighted by molar-refractivity contribution is 7.13. The maximum absolute atomic E-state index is 11.9. The monoisotopic (exact) mass is 283 g/mol. The van der Waals surface area contributed by atoms with E-state index in [2.05, 4.69) is 29.5 Å². The molecule has 0 aliphatic carbocycles. The predicted molar refractivity (Wildman–Crippen MR) is 81.5 cm³/mol. The van der Waals surface area contributed by atoms with Crippen LogP contribution in [0, 0.1) is 11.8 Å². The number of thiazole rings is 1. The van der Waals surface area contributed by atoms with Crippen molar-refractivity contribution in [2.24, 2.45) is 11.8 Å². The molecule has 2 unspecified atom stereocenters. The van der Waals surface area contributed by atoms with E-state index in [0.717, 1.165) is 18.7 Å². The number of nitrogens with one attached hydrogen (secondary N) is 2. The van der Waals surface area contributed by atoms with Crippen LogP contribution in [-0.2, 0) is 4.79 Å². The number of rotatable bonds is 7. The first-order valence-electron chi connectivity index (χ1n) is 6.95. The second-order valence-electron chi connectivity index (χ2n) is 5.28. The molecule has 0 spiro atoms. The Morgan fingerprint density at radius 3 is 2.63 bits per heavy atom. The average molecular weight is 283 g/mol. The van der Waals surface area contributed by atoms with Gasteiger partial charge in [0.05, 0.1) is 5.69 Å². The molecule has 2 atom stereocenters. The molecule has 5 heteroatoms. The van der Waals surface area contributed by atoms with E-state index >= 15 is 0 Å². The van der Waals surface area contributed by atoms with Gasteiger partial charge in [0, 0.05) is 17.3 Å². The Labute approximate surface area is 120 Å². The van der Waals surface area contributed by atoms with E-state index in [-0.39, 0.29) is 17.9 Å². The Morgan fingerprint density at radius 2 is 2.05 bits per heavy atom. The molecule has 1 amide bonds. The zero-order chi connectivity index (χ0) is 14.4. The molecule has 0 bridgehead atoms. The van der Waals surface area contributed by atoms with Crippen molar-refractivity contribution in [1.29, 1.82) is 0 Å². The van der Waals surface area contributed by atoms with Crippen LogP contribution in [0.25, 0.3) is 0 Å². The maximum Gasteiger partial charge on any atom is 0.229 e. The molecule has 2 N–H and O–H groups in total. The van der Waals surface area contributed by atoms with E-state index in [1.54, 1.807) is 0 Å². The second-order valence-corrected chi connectivity index (χ2v) is 6.13. The van der Waals surface area contributed by atoms with Crippen molar-refractivity contribution < 1.29 is 4.79 Å². The first kappa shape index (κ1) is 16.1. The summed E-state index contributed by atoms with van der Waals surface area (Å²) in [5.41, 5.74) is 0.992. The summed E-state index contributed by atoms with van der Waals surface area (Å²) in [6.45, 7) is 11.3. The van der Waals surface area contributed by atoms with Gasteiger partial charge in [0.25, 0.3) is 0 Å². The summed E-state index contributed by atoms with van der Waals surface area (Å²) in [5, 5.41) is 8.98. The van der Waals surface area contributed by atoms with Crippen LogP contribution in [0.2, 0.25) is 0 Å². The SMILES string of the molecule is CCCNC(C)c1csc(NC(=O)C(C)C(C)C)n1. The fourth-order valence-corrected chi connectivity index (χ4v) is 2.34. The van der Waals surface area contributed by atoms with Gasteiger partial charge in [0.15, 0.2) is 5.13 Å². The van der Waals surface area contributed by atoms with Gasteiger partial charge < -0.3 is 10.6 Å². The highest BCUT2D eigenvalue weighted by atomic mass is 32.1. The number of amides is 1. The van der Waals surface area contributed by atoms with Crippen molar-refractivity contribution in [3.63, 3.8) is 0 Å². The van der Waals surface area contributed by atoms with E-state index in [0.29, 0.717) is 11.0 Å². The third-order valence-electron chi connectivity index (χ3n) is 3.31. The average Bonchev–Trinajstić information content (AvgIpc) is 2.83. The van der Waals surface area contributed by atoms with Gasteiger partial charge in [0.1, 0.15) is 0 Å². The molecule has 0 saturated carbocycles. The minimum Gasteiger partial charge on any atom is -0.309 e. The lowest BCUT2D eigenvalue weighted by atomic mass is 9.97. The molecule has 19 heavy (non-hydrogen) atoms. The van der Waals surface area contributed by atoms with Crippen LogP contribution in [0.3, 0.4) is 0 Å². The summed E-state index contributed by atoms with van der Waals surface area (Å²) in [4.78, 5) is 16.4. The van der Waals surface area contributed by atoms with Crippen LogP contribution in [0.15, 0.2) is 5.38 Å². The number of carbonyl (C=O) groups is 1. The summed E-state index contributed by atoms with van der Waals surface area (Å²) < 4.78 is 0. The predicted octanol–water partition coefficient (Wildman–Crippen LogP) is 3.43. The molecular weight excluding hydrogens is 258 g/mol. The third-order valence-corrected chi connectivity index (χ3v) is 4.09. The molecular formula is C14H25N3OS. The van der Waals surface area contributed by atoms with Crippen molar-refractivity contribution in [2.75, 3.05) is 11.9 Å². The molecule has 0 radical (unpaired) electrons. The van der Waals surface area contributed by atoms with E-state index < -0.39 is 0 Å². The van der Waals surface area contributed by atoms with Crippen LogP contribution in [0.5, 0.6) is 0 Å². The lowest BCUT2D eigenvalue weighted by Crippen LogP contribution is -2.24. The third kappa shape index (κ3) is 4.91. The van der Waals surface area contributed by atoms with Crippen molar-refractivity contribution in [3.8, 4) is 0 Å². The van der Waals surface area contributed by atoms with Gasteiger partial charge in [0.2, 0.25) is 5.91 Å². The minimum atomic E-state index is 0.00277. The number of anilines is 1. The van der Waals surface area contributed by atoms with Crippen molar-refractivity contribution in [1.82, 2.24) is 10.3 Å². The first-order chi connectivity index (χ1) is 8.95. The number of hydrogen-bond donors (Lipinski definition) is 2. The van der Waals surface area contributed by atoms with E-state index in [9.17, 15) is 4.79 Å². The molecule has 108 valence electrons. The maximum atomic E-state index is 11.9. The fraction of sp³-hybridized carbons (Fsp3) is 0.714. The summed E-state index contributed by atoms with van der Waals surface area (Å²) >= 11 is 1.49. The molecule has 1 aromatic heterocycles. The lowest BCUT2D eigenvalue weighted by molar-refractivity contribution is -0.120. The van der Waals surface area contributed by atoms with Crippen LogP contribution >= 0.6 is 11.3 Å². The molecule has 0 aliphatic rings. The van der Waals surface area contributed by atoms with Gasteiger partial charge in [-0.1, -0.05) is 27.7 Å². The number of nitrogens with zero attached hydrogens (tertiary/aromatic N) is 1. The summed E-state index contributed by atoms with van der Waals surface area (Å²) in [5.74, 6) is 0.387. The summed E-state index contributed by atoms with van der Waals surface area (Å²) in [7, 11) is 0. The topological polar surface area (TPSA) is 54.0 Å². The second kappa shape index (κ2) is 7.60. The zero-order valence-corrected chi connectivity index (χ0v) is 13.3. The molecule has 1 heterocycles. The van der Waals surface area contributed by atoms with Crippen LogP contribution in [-0.4, -0.2) is 17.4 Å².